The largest absolute Gasteiger partial charge is 0.360 e. The van der Waals surface area contributed by atoms with E-state index in [1.165, 1.54) is 30.0 Å². The fraction of sp³-hybridized carbons (Fsp3) is 0.357. The second-order valence-electron chi connectivity index (χ2n) is 4.91. The van der Waals surface area contributed by atoms with Crippen LogP contribution in [0.3, 0.4) is 0 Å². The van der Waals surface area contributed by atoms with Gasteiger partial charge in [-0.3, -0.25) is 14.4 Å². The molecule has 2 N–H and O–H groups in total. The molecule has 0 bridgehead atoms. The molecule has 2 amide bonds. The molecule has 2 aromatic heterocycles. The normalized spacial score (nSPS) is 11.8. The lowest BCUT2D eigenvalue weighted by Crippen LogP contribution is -2.25. The number of hydrogen-bond donors (Lipinski definition) is 2. The zero-order chi connectivity index (χ0) is 17.7. The van der Waals surface area contributed by atoms with Gasteiger partial charge in [-0.25, -0.2) is 4.98 Å². The van der Waals surface area contributed by atoms with Gasteiger partial charge in [0, 0.05) is 18.4 Å². The van der Waals surface area contributed by atoms with Crippen molar-refractivity contribution in [2.24, 2.45) is 0 Å². The maximum atomic E-state index is 12.0. The number of anilines is 2. The number of nitrogens with one attached hydrogen (secondary N) is 2. The van der Waals surface area contributed by atoms with E-state index in [9.17, 15) is 14.4 Å². The van der Waals surface area contributed by atoms with Gasteiger partial charge in [-0.15, -0.1) is 23.1 Å². The first-order valence-electron chi connectivity index (χ1n) is 6.97. The third kappa shape index (κ3) is 5.17. The van der Waals surface area contributed by atoms with Crippen LogP contribution in [0.2, 0.25) is 0 Å². The van der Waals surface area contributed by atoms with Crippen molar-refractivity contribution in [2.75, 3.05) is 16.4 Å². The van der Waals surface area contributed by atoms with Crippen LogP contribution in [0.4, 0.5) is 10.9 Å². The van der Waals surface area contributed by atoms with Crippen molar-refractivity contribution in [1.82, 2.24) is 10.1 Å². The number of aromatic nitrogens is 2. The third-order valence-corrected chi connectivity index (χ3v) is 4.72. The predicted octanol–water partition coefficient (Wildman–Crippen LogP) is 2.34. The minimum absolute atomic E-state index is 0.0847. The first kappa shape index (κ1) is 18.1. The van der Waals surface area contributed by atoms with E-state index < -0.39 is 5.25 Å². The lowest BCUT2D eigenvalue weighted by atomic mass is 10.4. The Morgan fingerprint density at radius 1 is 1.38 bits per heavy atom. The summed E-state index contributed by atoms with van der Waals surface area (Å²) in [5.41, 5.74) is 0.318. The fourth-order valence-corrected chi connectivity index (χ4v) is 3.03. The molecule has 128 valence electrons. The standard InChI is InChI=1S/C14H16N4O4S2/c1-7-4-11(18-22-7)16-13(21)9(3)23-6-12(20)17-14-15-10(5-24-14)8(2)19/h4-5,9H,6H2,1-3H3,(H,15,17,20)(H,16,18,21). The molecule has 0 radical (unpaired) electrons. The Morgan fingerprint density at radius 3 is 2.71 bits per heavy atom. The van der Waals surface area contributed by atoms with E-state index in [-0.39, 0.29) is 23.4 Å². The van der Waals surface area contributed by atoms with Crippen LogP contribution in [0.25, 0.3) is 0 Å². The minimum atomic E-state index is -0.447. The second kappa shape index (κ2) is 8.06. The second-order valence-corrected chi connectivity index (χ2v) is 7.09. The average molecular weight is 368 g/mol. The lowest BCUT2D eigenvalue weighted by Gasteiger charge is -2.09. The number of hydrogen-bond acceptors (Lipinski definition) is 8. The molecule has 2 heterocycles. The van der Waals surface area contributed by atoms with Crippen LogP contribution >= 0.6 is 23.1 Å². The smallest absolute Gasteiger partial charge is 0.238 e. The fourth-order valence-electron chi connectivity index (χ4n) is 1.58. The van der Waals surface area contributed by atoms with Gasteiger partial charge in [-0.1, -0.05) is 5.16 Å². The van der Waals surface area contributed by atoms with Crippen LogP contribution in [-0.2, 0) is 9.59 Å². The molecule has 0 aliphatic carbocycles. The summed E-state index contributed by atoms with van der Waals surface area (Å²) < 4.78 is 4.86. The summed E-state index contributed by atoms with van der Waals surface area (Å²) in [5.74, 6) is 0.305. The van der Waals surface area contributed by atoms with Gasteiger partial charge in [0.15, 0.2) is 16.7 Å². The summed E-state index contributed by atoms with van der Waals surface area (Å²) >= 11 is 2.36. The van der Waals surface area contributed by atoms with Crippen molar-refractivity contribution >= 4 is 51.6 Å². The molecule has 0 aromatic carbocycles. The number of Topliss-reactive ketones (excluding diaryl/α,β-unsaturated/α-hetero) is 1. The molecule has 0 saturated heterocycles. The summed E-state index contributed by atoms with van der Waals surface area (Å²) in [7, 11) is 0. The molecule has 0 saturated carbocycles. The number of carbonyl (C=O) groups excluding carboxylic acids is 3. The molecule has 0 aliphatic heterocycles. The number of rotatable bonds is 7. The number of nitrogens with zero attached hydrogens (tertiary/aromatic N) is 2. The molecule has 1 atom stereocenters. The van der Waals surface area contributed by atoms with Crippen molar-refractivity contribution in [3.63, 3.8) is 0 Å². The van der Waals surface area contributed by atoms with E-state index in [0.717, 1.165) is 0 Å². The number of amides is 2. The first-order chi connectivity index (χ1) is 11.3. The third-order valence-electron chi connectivity index (χ3n) is 2.82. The Kier molecular flexibility index (Phi) is 6.10. The minimum Gasteiger partial charge on any atom is -0.360 e. The van der Waals surface area contributed by atoms with Gasteiger partial charge in [-0.05, 0) is 13.8 Å². The maximum Gasteiger partial charge on any atom is 0.238 e. The van der Waals surface area contributed by atoms with Gasteiger partial charge < -0.3 is 15.2 Å². The molecule has 24 heavy (non-hydrogen) atoms. The highest BCUT2D eigenvalue weighted by molar-refractivity contribution is 8.01. The van der Waals surface area contributed by atoms with Crippen LogP contribution in [0.5, 0.6) is 0 Å². The Balaban J connectivity index is 1.77. The maximum absolute atomic E-state index is 12.0. The summed E-state index contributed by atoms with van der Waals surface area (Å²) in [5, 5.41) is 10.4. The SMILES string of the molecule is CC(=O)c1csc(NC(=O)CSC(C)C(=O)Nc2cc(C)on2)n1. The summed E-state index contributed by atoms with van der Waals surface area (Å²) in [4.78, 5) is 39.0. The number of thiazole rings is 1. The van der Waals surface area contributed by atoms with Crippen molar-refractivity contribution in [3.8, 4) is 0 Å². The van der Waals surface area contributed by atoms with Crippen molar-refractivity contribution in [3.05, 3.63) is 22.9 Å². The molecular formula is C14H16N4O4S2. The molecule has 8 nitrogen and oxygen atoms in total. The Bertz CT molecular complexity index is 756. The van der Waals surface area contributed by atoms with E-state index >= 15 is 0 Å². The molecule has 2 aromatic rings. The van der Waals surface area contributed by atoms with E-state index in [1.807, 2.05) is 0 Å². The van der Waals surface area contributed by atoms with Gasteiger partial charge in [0.1, 0.15) is 11.5 Å². The number of ketones is 1. The van der Waals surface area contributed by atoms with Crippen molar-refractivity contribution in [2.45, 2.75) is 26.0 Å². The number of thioether (sulfide) groups is 1. The molecule has 1 unspecified atom stereocenters. The summed E-state index contributed by atoms with van der Waals surface area (Å²) in [6.07, 6.45) is 0. The monoisotopic (exact) mass is 368 g/mol. The molecule has 2 rings (SSSR count). The highest BCUT2D eigenvalue weighted by Gasteiger charge is 2.17. The Hall–Kier alpha value is -2.20. The van der Waals surface area contributed by atoms with E-state index in [4.69, 9.17) is 4.52 Å². The van der Waals surface area contributed by atoms with Gasteiger partial charge in [0.25, 0.3) is 0 Å². The van der Waals surface area contributed by atoms with E-state index in [1.54, 1.807) is 25.3 Å². The zero-order valence-electron chi connectivity index (χ0n) is 13.3. The Labute approximate surface area is 146 Å². The van der Waals surface area contributed by atoms with Gasteiger partial charge in [-0.2, -0.15) is 0 Å². The zero-order valence-corrected chi connectivity index (χ0v) is 14.9. The molecular weight excluding hydrogens is 352 g/mol. The summed E-state index contributed by atoms with van der Waals surface area (Å²) in [6.45, 7) is 4.83. The molecule has 0 spiro atoms. The molecule has 0 aliphatic rings. The van der Waals surface area contributed by atoms with Crippen LogP contribution in [0.1, 0.15) is 30.1 Å². The van der Waals surface area contributed by atoms with Gasteiger partial charge in [0.2, 0.25) is 11.8 Å². The molecule has 10 heteroatoms. The summed E-state index contributed by atoms with van der Waals surface area (Å²) in [6, 6.07) is 1.61. The van der Waals surface area contributed by atoms with Gasteiger partial charge >= 0.3 is 0 Å². The van der Waals surface area contributed by atoms with Crippen molar-refractivity contribution < 1.29 is 18.9 Å². The average Bonchev–Trinajstić information content (AvgIpc) is 3.14. The predicted molar refractivity (Wildman–Crippen MR) is 92.5 cm³/mol. The number of carbonyl (C=O) groups is 3. The van der Waals surface area contributed by atoms with Crippen molar-refractivity contribution in [1.29, 1.82) is 0 Å². The van der Waals surface area contributed by atoms with Crippen LogP contribution in [0, 0.1) is 6.92 Å². The number of aryl methyl sites for hydroxylation is 1. The lowest BCUT2D eigenvalue weighted by molar-refractivity contribution is -0.115. The Morgan fingerprint density at radius 2 is 2.12 bits per heavy atom. The highest BCUT2D eigenvalue weighted by Crippen LogP contribution is 2.18. The quantitative estimate of drug-likeness (QED) is 0.721. The van der Waals surface area contributed by atoms with E-state index in [2.05, 4.69) is 20.8 Å². The van der Waals surface area contributed by atoms with Gasteiger partial charge in [0.05, 0.1) is 11.0 Å². The van der Waals surface area contributed by atoms with Crippen LogP contribution in [0.15, 0.2) is 16.0 Å². The van der Waals surface area contributed by atoms with Crippen LogP contribution in [-0.4, -0.2) is 38.7 Å². The molecule has 0 fully saturated rings. The first-order valence-corrected chi connectivity index (χ1v) is 8.90. The van der Waals surface area contributed by atoms with E-state index in [0.29, 0.717) is 22.4 Å². The topological polar surface area (TPSA) is 114 Å². The highest BCUT2D eigenvalue weighted by atomic mass is 32.2. The van der Waals surface area contributed by atoms with Crippen LogP contribution < -0.4 is 10.6 Å².